The Morgan fingerprint density at radius 3 is 0.615 bits per heavy atom. The second-order valence-electron chi connectivity index (χ2n) is 4.90. The van der Waals surface area contributed by atoms with Gasteiger partial charge < -0.3 is 39.9 Å². The number of ether oxygens (including phenoxy) is 6. The SMILES string of the molecule is C1COCCOCCOCCOCCOCCO1.CC(N)=O.CC(N)=O. The van der Waals surface area contributed by atoms with Crippen LogP contribution in [-0.4, -0.2) is 91.1 Å². The van der Waals surface area contributed by atoms with Gasteiger partial charge >= 0.3 is 0 Å². The average Bonchev–Trinajstić information content (AvgIpc) is 2.54. The summed E-state index contributed by atoms with van der Waals surface area (Å²) in [5.41, 5.74) is 8.94. The van der Waals surface area contributed by atoms with E-state index in [2.05, 4.69) is 11.5 Å². The zero-order valence-electron chi connectivity index (χ0n) is 15.9. The Balaban J connectivity index is 0. The first-order valence-corrected chi connectivity index (χ1v) is 8.45. The van der Waals surface area contributed by atoms with Crippen molar-refractivity contribution in [2.75, 3.05) is 79.3 Å². The van der Waals surface area contributed by atoms with Gasteiger partial charge in [0.2, 0.25) is 11.8 Å². The molecule has 0 atom stereocenters. The number of rotatable bonds is 0. The molecule has 0 radical (unpaired) electrons. The molecular formula is C16H34N2O8. The van der Waals surface area contributed by atoms with E-state index < -0.39 is 0 Å². The van der Waals surface area contributed by atoms with Crippen LogP contribution in [0, 0.1) is 0 Å². The molecule has 0 bridgehead atoms. The van der Waals surface area contributed by atoms with Crippen molar-refractivity contribution in [3.63, 3.8) is 0 Å². The van der Waals surface area contributed by atoms with E-state index in [1.54, 1.807) is 0 Å². The standard InChI is InChI=1S/C12H24O6.2C2H5NO/c1-2-14-5-6-16-9-10-18-12-11-17-8-7-15-4-3-13-1;2*1-2(3)4/h1-12H2;2*1H3,(H2,3,4). The van der Waals surface area contributed by atoms with Crippen LogP contribution in [0.25, 0.3) is 0 Å². The van der Waals surface area contributed by atoms with E-state index in [1.807, 2.05) is 0 Å². The number of primary amides is 2. The monoisotopic (exact) mass is 382 g/mol. The molecule has 0 aromatic heterocycles. The molecule has 1 heterocycles. The summed E-state index contributed by atoms with van der Waals surface area (Å²) >= 11 is 0. The number of amides is 2. The van der Waals surface area contributed by atoms with E-state index in [-0.39, 0.29) is 11.8 Å². The third-order valence-electron chi connectivity index (χ3n) is 2.23. The Kier molecular flexibility index (Phi) is 24.5. The highest BCUT2D eigenvalue weighted by Gasteiger charge is 1.95. The van der Waals surface area contributed by atoms with Gasteiger partial charge in [0.15, 0.2) is 0 Å². The molecule has 0 aliphatic carbocycles. The zero-order chi connectivity index (χ0) is 19.9. The molecule has 0 aromatic carbocycles. The van der Waals surface area contributed by atoms with Crippen molar-refractivity contribution in [2.24, 2.45) is 11.5 Å². The normalized spacial score (nSPS) is 18.5. The van der Waals surface area contributed by atoms with Gasteiger partial charge in [0.1, 0.15) is 0 Å². The van der Waals surface area contributed by atoms with E-state index in [0.29, 0.717) is 79.3 Å². The minimum absolute atomic E-state index is 0.333. The minimum atomic E-state index is -0.333. The van der Waals surface area contributed by atoms with E-state index in [9.17, 15) is 9.59 Å². The zero-order valence-corrected chi connectivity index (χ0v) is 15.9. The molecule has 0 aromatic rings. The van der Waals surface area contributed by atoms with Gasteiger partial charge in [-0.1, -0.05) is 0 Å². The first kappa shape index (κ1) is 26.9. The lowest BCUT2D eigenvalue weighted by Crippen LogP contribution is -2.16. The Morgan fingerprint density at radius 2 is 0.538 bits per heavy atom. The molecule has 156 valence electrons. The van der Waals surface area contributed by atoms with Crippen LogP contribution in [-0.2, 0) is 38.0 Å². The Hall–Kier alpha value is -1.30. The predicted molar refractivity (Wildman–Crippen MR) is 94.7 cm³/mol. The second kappa shape index (κ2) is 23.7. The lowest BCUT2D eigenvalue weighted by atomic mass is 10.6. The number of hydrogen-bond acceptors (Lipinski definition) is 8. The number of carbonyl (C=O) groups is 2. The Morgan fingerprint density at radius 1 is 0.462 bits per heavy atom. The van der Waals surface area contributed by atoms with Gasteiger partial charge in [-0.15, -0.1) is 0 Å². The van der Waals surface area contributed by atoms with E-state index in [4.69, 9.17) is 28.4 Å². The van der Waals surface area contributed by atoms with Crippen molar-refractivity contribution in [3.8, 4) is 0 Å². The molecule has 1 aliphatic heterocycles. The molecule has 10 nitrogen and oxygen atoms in total. The average molecular weight is 382 g/mol. The smallest absolute Gasteiger partial charge is 0.214 e. The van der Waals surface area contributed by atoms with Crippen molar-refractivity contribution in [3.05, 3.63) is 0 Å². The number of nitrogens with two attached hydrogens (primary N) is 2. The van der Waals surface area contributed by atoms with Crippen LogP contribution in [0.4, 0.5) is 0 Å². The van der Waals surface area contributed by atoms with E-state index in [1.165, 1.54) is 13.8 Å². The summed E-state index contributed by atoms with van der Waals surface area (Å²) in [7, 11) is 0. The molecule has 1 rings (SSSR count). The molecule has 10 heteroatoms. The molecule has 26 heavy (non-hydrogen) atoms. The summed E-state index contributed by atoms with van der Waals surface area (Å²) in [6, 6.07) is 0. The van der Waals surface area contributed by atoms with Gasteiger partial charge in [-0.05, 0) is 0 Å². The summed E-state index contributed by atoms with van der Waals surface area (Å²) in [5, 5.41) is 0. The first-order valence-electron chi connectivity index (χ1n) is 8.45. The maximum Gasteiger partial charge on any atom is 0.214 e. The van der Waals surface area contributed by atoms with Gasteiger partial charge in [0.25, 0.3) is 0 Å². The van der Waals surface area contributed by atoms with Crippen LogP contribution in [0.15, 0.2) is 0 Å². The van der Waals surface area contributed by atoms with Crippen LogP contribution in [0.5, 0.6) is 0 Å². The van der Waals surface area contributed by atoms with Gasteiger partial charge in [-0.2, -0.15) is 0 Å². The maximum absolute atomic E-state index is 9.22. The van der Waals surface area contributed by atoms with E-state index in [0.717, 1.165) is 0 Å². The molecule has 1 aliphatic rings. The molecule has 4 N–H and O–H groups in total. The minimum Gasteiger partial charge on any atom is -0.377 e. The van der Waals surface area contributed by atoms with Crippen LogP contribution < -0.4 is 11.5 Å². The van der Waals surface area contributed by atoms with Crippen molar-refractivity contribution < 1.29 is 38.0 Å². The van der Waals surface area contributed by atoms with Crippen molar-refractivity contribution in [2.45, 2.75) is 13.8 Å². The van der Waals surface area contributed by atoms with Crippen molar-refractivity contribution in [1.82, 2.24) is 0 Å². The van der Waals surface area contributed by atoms with Crippen LogP contribution in [0.3, 0.4) is 0 Å². The van der Waals surface area contributed by atoms with Crippen LogP contribution >= 0.6 is 0 Å². The summed E-state index contributed by atoms with van der Waals surface area (Å²) in [6.07, 6.45) is 0. The molecular weight excluding hydrogens is 348 g/mol. The number of carbonyl (C=O) groups excluding carboxylic acids is 2. The van der Waals surface area contributed by atoms with Gasteiger partial charge in [-0.25, -0.2) is 0 Å². The Labute approximate surface area is 155 Å². The molecule has 0 spiro atoms. The van der Waals surface area contributed by atoms with Gasteiger partial charge in [0.05, 0.1) is 79.3 Å². The fourth-order valence-corrected chi connectivity index (χ4v) is 1.32. The largest absolute Gasteiger partial charge is 0.377 e. The second-order valence-corrected chi connectivity index (χ2v) is 4.90. The molecule has 0 unspecified atom stereocenters. The first-order chi connectivity index (χ1) is 12.5. The van der Waals surface area contributed by atoms with Gasteiger partial charge in [-0.3, -0.25) is 9.59 Å². The highest BCUT2D eigenvalue weighted by Crippen LogP contribution is 1.86. The highest BCUT2D eigenvalue weighted by atomic mass is 16.6. The number of hydrogen-bond donors (Lipinski definition) is 2. The van der Waals surface area contributed by atoms with Crippen LogP contribution in [0.2, 0.25) is 0 Å². The summed E-state index contributed by atoms with van der Waals surface area (Å²) in [4.78, 5) is 18.4. The molecule has 1 fully saturated rings. The summed E-state index contributed by atoms with van der Waals surface area (Å²) in [5.74, 6) is -0.667. The predicted octanol–water partition coefficient (Wildman–Crippen LogP) is -0.917. The fraction of sp³-hybridized carbons (Fsp3) is 0.875. The maximum atomic E-state index is 9.22. The third-order valence-corrected chi connectivity index (χ3v) is 2.23. The molecule has 1 saturated heterocycles. The third kappa shape index (κ3) is 38.3. The lowest BCUT2D eigenvalue weighted by Gasteiger charge is -2.09. The van der Waals surface area contributed by atoms with Crippen molar-refractivity contribution >= 4 is 11.8 Å². The van der Waals surface area contributed by atoms with Gasteiger partial charge in [0, 0.05) is 13.8 Å². The van der Waals surface area contributed by atoms with Crippen LogP contribution in [0.1, 0.15) is 13.8 Å². The molecule has 2 amide bonds. The fourth-order valence-electron chi connectivity index (χ4n) is 1.32. The molecule has 0 saturated carbocycles. The van der Waals surface area contributed by atoms with Crippen molar-refractivity contribution in [1.29, 1.82) is 0 Å². The topological polar surface area (TPSA) is 142 Å². The Bertz CT molecular complexity index is 224. The van der Waals surface area contributed by atoms with E-state index >= 15 is 0 Å². The summed E-state index contributed by atoms with van der Waals surface area (Å²) in [6.45, 7) is 9.65. The highest BCUT2D eigenvalue weighted by molar-refractivity contribution is 5.70. The lowest BCUT2D eigenvalue weighted by molar-refractivity contribution is -0.116. The summed E-state index contributed by atoms with van der Waals surface area (Å²) < 4.78 is 32.0. The quantitative estimate of drug-likeness (QED) is 0.548.